The quantitative estimate of drug-likeness (QED) is 0.781. The number of carbonyl (C=O) groups is 1. The van der Waals surface area contributed by atoms with Crippen LogP contribution in [0.25, 0.3) is 0 Å². The van der Waals surface area contributed by atoms with Gasteiger partial charge in [-0.25, -0.2) is 9.97 Å². The summed E-state index contributed by atoms with van der Waals surface area (Å²) in [4.78, 5) is 21.6. The summed E-state index contributed by atoms with van der Waals surface area (Å²) in [7, 11) is 1.69. The van der Waals surface area contributed by atoms with Crippen LogP contribution in [0.3, 0.4) is 0 Å². The first-order valence-corrected chi connectivity index (χ1v) is 6.04. The third kappa shape index (κ3) is 4.29. The Morgan fingerprint density at radius 1 is 1.50 bits per heavy atom. The molecule has 1 heterocycles. The van der Waals surface area contributed by atoms with Crippen molar-refractivity contribution in [3.05, 3.63) is 18.1 Å². The normalized spacial score (nSPS) is 12.0. The van der Waals surface area contributed by atoms with E-state index in [1.54, 1.807) is 20.2 Å². The first kappa shape index (κ1) is 14.4. The third-order valence-electron chi connectivity index (χ3n) is 2.46. The number of carbonyl (C=O) groups excluding carboxylic acids is 1. The smallest absolute Gasteiger partial charge is 0.273 e. The van der Waals surface area contributed by atoms with Crippen molar-refractivity contribution >= 4 is 11.7 Å². The van der Waals surface area contributed by atoms with Crippen LogP contribution in [0.15, 0.2) is 12.4 Å². The van der Waals surface area contributed by atoms with E-state index in [1.165, 1.54) is 11.1 Å². The van der Waals surface area contributed by atoms with E-state index in [2.05, 4.69) is 15.3 Å². The van der Waals surface area contributed by atoms with Crippen molar-refractivity contribution in [2.75, 3.05) is 25.5 Å². The molecule has 0 saturated carbocycles. The van der Waals surface area contributed by atoms with Gasteiger partial charge in [0.15, 0.2) is 0 Å². The van der Waals surface area contributed by atoms with E-state index in [4.69, 9.17) is 0 Å². The van der Waals surface area contributed by atoms with Crippen LogP contribution in [-0.2, 0) is 0 Å². The number of nitrogens with zero attached hydrogens (tertiary/aromatic N) is 3. The van der Waals surface area contributed by atoms with E-state index >= 15 is 0 Å². The monoisotopic (exact) mass is 252 g/mol. The summed E-state index contributed by atoms with van der Waals surface area (Å²) >= 11 is 0. The Balaban J connectivity index is 2.60. The Kier molecular flexibility index (Phi) is 5.51. The van der Waals surface area contributed by atoms with Crippen molar-refractivity contribution in [3.8, 4) is 0 Å². The molecule has 6 nitrogen and oxygen atoms in total. The highest BCUT2D eigenvalue weighted by molar-refractivity contribution is 5.91. The number of amides is 1. The molecule has 1 unspecified atom stereocenters. The van der Waals surface area contributed by atoms with Crippen LogP contribution in [0.1, 0.15) is 30.8 Å². The predicted octanol–water partition coefficient (Wildman–Crippen LogP) is 0.751. The predicted molar refractivity (Wildman–Crippen MR) is 69.5 cm³/mol. The molecular formula is C12H20N4O2. The highest BCUT2D eigenvalue weighted by atomic mass is 16.3. The van der Waals surface area contributed by atoms with E-state index in [0.717, 1.165) is 6.54 Å². The molecule has 0 saturated heterocycles. The first-order chi connectivity index (χ1) is 8.54. The van der Waals surface area contributed by atoms with Crippen LogP contribution in [0, 0.1) is 0 Å². The molecule has 0 aliphatic rings. The minimum Gasteiger partial charge on any atom is -0.393 e. The molecule has 100 valence electrons. The Bertz CT molecular complexity index is 378. The van der Waals surface area contributed by atoms with E-state index in [-0.39, 0.29) is 5.91 Å². The number of aliphatic hydroxyl groups excluding tert-OH is 1. The number of hydrogen-bond acceptors (Lipinski definition) is 5. The molecule has 1 rings (SSSR count). The minimum absolute atomic E-state index is 0.189. The van der Waals surface area contributed by atoms with Gasteiger partial charge in [-0.2, -0.15) is 0 Å². The zero-order valence-electron chi connectivity index (χ0n) is 11.1. The van der Waals surface area contributed by atoms with E-state index in [1.807, 2.05) is 6.92 Å². The lowest BCUT2D eigenvalue weighted by molar-refractivity contribution is 0.0763. The molecular weight excluding hydrogens is 232 g/mol. The van der Waals surface area contributed by atoms with Crippen LogP contribution in [0.4, 0.5) is 5.82 Å². The second-order valence-corrected chi connectivity index (χ2v) is 4.18. The topological polar surface area (TPSA) is 78.4 Å². The highest BCUT2D eigenvalue weighted by Crippen LogP contribution is 2.04. The number of nitrogens with one attached hydrogen (secondary N) is 1. The van der Waals surface area contributed by atoms with Gasteiger partial charge in [0.2, 0.25) is 0 Å². The second kappa shape index (κ2) is 6.90. The lowest BCUT2D eigenvalue weighted by Gasteiger charge is -2.17. The van der Waals surface area contributed by atoms with Gasteiger partial charge in [0.05, 0.1) is 18.5 Å². The standard InChI is InChI=1S/C12H20N4O2/c1-4-13-11-8-14-10(7-15-11)12(18)16(3)6-5-9(2)17/h7-9,17H,4-6H2,1-3H3,(H,13,15). The van der Waals surface area contributed by atoms with Crippen LogP contribution in [0.5, 0.6) is 0 Å². The molecule has 0 aromatic carbocycles. The van der Waals surface area contributed by atoms with Crippen molar-refractivity contribution in [2.45, 2.75) is 26.4 Å². The fraction of sp³-hybridized carbons (Fsp3) is 0.583. The van der Waals surface area contributed by atoms with Gasteiger partial charge >= 0.3 is 0 Å². The van der Waals surface area contributed by atoms with Crippen LogP contribution >= 0.6 is 0 Å². The highest BCUT2D eigenvalue weighted by Gasteiger charge is 2.13. The number of hydrogen-bond donors (Lipinski definition) is 2. The van der Waals surface area contributed by atoms with Crippen molar-refractivity contribution in [1.82, 2.24) is 14.9 Å². The molecule has 6 heteroatoms. The maximum atomic E-state index is 11.9. The summed E-state index contributed by atoms with van der Waals surface area (Å²) in [6.45, 7) is 4.91. The summed E-state index contributed by atoms with van der Waals surface area (Å²) in [5.41, 5.74) is 0.310. The zero-order valence-corrected chi connectivity index (χ0v) is 11.1. The molecule has 1 aromatic heterocycles. The van der Waals surface area contributed by atoms with Gasteiger partial charge in [-0.05, 0) is 20.3 Å². The molecule has 0 radical (unpaired) electrons. The average molecular weight is 252 g/mol. The number of anilines is 1. The van der Waals surface area contributed by atoms with Crippen molar-refractivity contribution in [3.63, 3.8) is 0 Å². The SMILES string of the molecule is CCNc1cnc(C(=O)N(C)CCC(C)O)cn1. The molecule has 0 bridgehead atoms. The zero-order chi connectivity index (χ0) is 13.5. The Hall–Kier alpha value is -1.69. The summed E-state index contributed by atoms with van der Waals surface area (Å²) in [6, 6.07) is 0. The van der Waals surface area contributed by atoms with Gasteiger partial charge in [-0.1, -0.05) is 0 Å². The Labute approximate surface area is 107 Å². The molecule has 1 atom stereocenters. The van der Waals surface area contributed by atoms with Crippen LogP contribution in [0.2, 0.25) is 0 Å². The molecule has 0 fully saturated rings. The molecule has 0 aliphatic carbocycles. The summed E-state index contributed by atoms with van der Waals surface area (Å²) in [5, 5.41) is 12.2. The summed E-state index contributed by atoms with van der Waals surface area (Å²) in [6.07, 6.45) is 3.13. The van der Waals surface area contributed by atoms with Crippen LogP contribution < -0.4 is 5.32 Å². The van der Waals surface area contributed by atoms with Crippen molar-refractivity contribution in [2.24, 2.45) is 0 Å². The largest absolute Gasteiger partial charge is 0.393 e. The van der Waals surface area contributed by atoms with Gasteiger partial charge in [0, 0.05) is 20.1 Å². The Morgan fingerprint density at radius 2 is 2.22 bits per heavy atom. The Morgan fingerprint density at radius 3 is 2.72 bits per heavy atom. The number of aliphatic hydroxyl groups is 1. The summed E-state index contributed by atoms with van der Waals surface area (Å²) < 4.78 is 0. The van der Waals surface area contributed by atoms with Gasteiger partial charge in [-0.15, -0.1) is 0 Å². The lowest BCUT2D eigenvalue weighted by atomic mass is 10.2. The molecule has 1 aromatic rings. The third-order valence-corrected chi connectivity index (χ3v) is 2.46. The molecule has 2 N–H and O–H groups in total. The van der Waals surface area contributed by atoms with E-state index < -0.39 is 6.10 Å². The second-order valence-electron chi connectivity index (χ2n) is 4.18. The molecule has 0 aliphatic heterocycles. The maximum absolute atomic E-state index is 11.9. The summed E-state index contributed by atoms with van der Waals surface area (Å²) in [5.74, 6) is 0.465. The number of aromatic nitrogens is 2. The van der Waals surface area contributed by atoms with Crippen LogP contribution in [-0.4, -0.2) is 52.1 Å². The minimum atomic E-state index is -0.414. The average Bonchev–Trinajstić information content (AvgIpc) is 2.36. The van der Waals surface area contributed by atoms with Crippen molar-refractivity contribution in [1.29, 1.82) is 0 Å². The maximum Gasteiger partial charge on any atom is 0.273 e. The fourth-order valence-electron chi connectivity index (χ4n) is 1.39. The fourth-order valence-corrected chi connectivity index (χ4v) is 1.39. The van der Waals surface area contributed by atoms with E-state index in [0.29, 0.717) is 24.5 Å². The van der Waals surface area contributed by atoms with Gasteiger partial charge < -0.3 is 15.3 Å². The van der Waals surface area contributed by atoms with Crippen molar-refractivity contribution < 1.29 is 9.90 Å². The first-order valence-electron chi connectivity index (χ1n) is 6.04. The lowest BCUT2D eigenvalue weighted by Crippen LogP contribution is -2.30. The number of rotatable bonds is 6. The van der Waals surface area contributed by atoms with Gasteiger partial charge in [0.1, 0.15) is 11.5 Å². The van der Waals surface area contributed by atoms with E-state index in [9.17, 15) is 9.90 Å². The molecule has 1 amide bonds. The van der Waals surface area contributed by atoms with Gasteiger partial charge in [-0.3, -0.25) is 4.79 Å². The molecule has 18 heavy (non-hydrogen) atoms. The van der Waals surface area contributed by atoms with Gasteiger partial charge in [0.25, 0.3) is 5.91 Å². The molecule has 0 spiro atoms.